The van der Waals surface area contributed by atoms with Crippen molar-refractivity contribution in [2.45, 2.75) is 16.3 Å². The molecule has 0 aliphatic carbocycles. The summed E-state index contributed by atoms with van der Waals surface area (Å²) in [5.74, 6) is 0. The van der Waals surface area contributed by atoms with Crippen LogP contribution in [0, 0.1) is 0 Å². The predicted octanol–water partition coefficient (Wildman–Crippen LogP) is 5.75. The van der Waals surface area contributed by atoms with E-state index in [0.29, 0.717) is 31.1 Å². The molecule has 9 heteroatoms. The van der Waals surface area contributed by atoms with Crippen LogP contribution in [0.2, 0.25) is 5.02 Å². The summed E-state index contributed by atoms with van der Waals surface area (Å²) in [6.07, 6.45) is 0.243. The lowest BCUT2D eigenvalue weighted by atomic mass is 9.99. The second-order valence-corrected chi connectivity index (χ2v) is 9.58. The van der Waals surface area contributed by atoms with Crippen molar-refractivity contribution in [3.63, 3.8) is 0 Å². The average Bonchev–Trinajstić information content (AvgIpc) is 2.67. The van der Waals surface area contributed by atoms with E-state index < -0.39 is 9.89 Å². The summed E-state index contributed by atoms with van der Waals surface area (Å²) in [6.45, 7) is 1.66. The number of piperazine rings is 1. The second kappa shape index (κ2) is 10.9. The number of amides is 1. The van der Waals surface area contributed by atoms with E-state index in [9.17, 15) is 4.79 Å². The summed E-state index contributed by atoms with van der Waals surface area (Å²) in [5, 5.41) is 4.03. The molecule has 0 bridgehead atoms. The van der Waals surface area contributed by atoms with E-state index in [1.165, 1.54) is 0 Å². The fraction of sp³-hybridized carbons (Fsp3) is 0.350. The first-order chi connectivity index (χ1) is 13.3. The molecule has 0 saturated carbocycles. The minimum absolute atomic E-state index is 0. The van der Waals surface area contributed by atoms with Crippen molar-refractivity contribution in [1.82, 2.24) is 10.2 Å². The molecule has 4 nitrogen and oxygen atoms in total. The Morgan fingerprint density at radius 3 is 2.24 bits per heavy atom. The first kappa shape index (κ1) is 24.4. The number of carbonyl (C=O) groups excluding carboxylic acids is 1. The van der Waals surface area contributed by atoms with Crippen molar-refractivity contribution >= 4 is 64.9 Å². The molecule has 1 amide bonds. The number of halogens is 5. The minimum atomic E-state index is -1.61. The second-order valence-electron chi connectivity index (χ2n) is 6.63. The van der Waals surface area contributed by atoms with Crippen LogP contribution in [-0.2, 0) is 11.2 Å². The molecule has 2 aromatic carbocycles. The molecule has 0 aromatic heterocycles. The van der Waals surface area contributed by atoms with Crippen molar-refractivity contribution in [1.29, 1.82) is 0 Å². The number of rotatable bonds is 4. The van der Waals surface area contributed by atoms with Crippen LogP contribution in [0.1, 0.15) is 5.56 Å². The molecule has 1 N–H and O–H groups in total. The number of ether oxygens (including phenoxy) is 1. The monoisotopic (exact) mass is 496 g/mol. The van der Waals surface area contributed by atoms with Gasteiger partial charge in [-0.3, -0.25) is 0 Å². The molecule has 1 fully saturated rings. The summed E-state index contributed by atoms with van der Waals surface area (Å²) in [7, 11) is 0. The van der Waals surface area contributed by atoms with Gasteiger partial charge in [-0.15, -0.1) is 12.4 Å². The van der Waals surface area contributed by atoms with Gasteiger partial charge in [-0.25, -0.2) is 4.79 Å². The molecule has 1 aliphatic heterocycles. The Hall–Kier alpha value is -0.880. The van der Waals surface area contributed by atoms with Crippen LogP contribution < -0.4 is 5.32 Å². The Morgan fingerprint density at radius 1 is 1.07 bits per heavy atom. The van der Waals surface area contributed by atoms with Gasteiger partial charge in [0.25, 0.3) is 0 Å². The zero-order chi connectivity index (χ0) is 20.1. The lowest BCUT2D eigenvalue weighted by Gasteiger charge is -2.35. The van der Waals surface area contributed by atoms with Crippen molar-refractivity contribution in [2.75, 3.05) is 26.2 Å². The lowest BCUT2D eigenvalue weighted by molar-refractivity contribution is 0.0787. The van der Waals surface area contributed by atoms with E-state index in [1.807, 2.05) is 24.3 Å². The fourth-order valence-electron chi connectivity index (χ4n) is 3.16. The summed E-state index contributed by atoms with van der Waals surface area (Å²) >= 11 is 23.0. The SMILES string of the molecule is Cl.O=C(OCC(Cl)(Cl)Cl)N1CCNC[C@H]1Cc1ccc(-c2ccc(Cl)cc2)cc1. The maximum Gasteiger partial charge on any atom is 0.410 e. The van der Waals surface area contributed by atoms with Gasteiger partial charge in [0.15, 0.2) is 0 Å². The third-order valence-electron chi connectivity index (χ3n) is 4.55. The van der Waals surface area contributed by atoms with Gasteiger partial charge in [0.1, 0.15) is 6.61 Å². The topological polar surface area (TPSA) is 41.6 Å². The quantitative estimate of drug-likeness (QED) is 0.546. The van der Waals surface area contributed by atoms with Crippen molar-refractivity contribution in [2.24, 2.45) is 0 Å². The summed E-state index contributed by atoms with van der Waals surface area (Å²) in [6, 6.07) is 16.0. The van der Waals surface area contributed by atoms with Crippen molar-refractivity contribution < 1.29 is 9.53 Å². The van der Waals surface area contributed by atoms with E-state index in [-0.39, 0.29) is 25.1 Å². The fourth-order valence-corrected chi connectivity index (χ4v) is 3.45. The number of carbonyl (C=O) groups is 1. The Balaban J connectivity index is 0.00000300. The van der Waals surface area contributed by atoms with Crippen LogP contribution in [-0.4, -0.2) is 47.1 Å². The van der Waals surface area contributed by atoms with E-state index in [1.54, 1.807) is 4.90 Å². The van der Waals surface area contributed by atoms with Crippen LogP contribution in [0.5, 0.6) is 0 Å². The maximum atomic E-state index is 12.4. The molecule has 1 saturated heterocycles. The molecular formula is C20H21Cl5N2O2. The summed E-state index contributed by atoms with van der Waals surface area (Å²) < 4.78 is 3.54. The predicted molar refractivity (Wildman–Crippen MR) is 123 cm³/mol. The average molecular weight is 499 g/mol. The normalized spacial score (nSPS) is 16.8. The number of benzene rings is 2. The molecule has 1 atom stereocenters. The van der Waals surface area contributed by atoms with E-state index >= 15 is 0 Å². The van der Waals surface area contributed by atoms with Crippen molar-refractivity contribution in [3.05, 3.63) is 59.1 Å². The number of alkyl halides is 3. The third kappa shape index (κ3) is 7.39. The van der Waals surface area contributed by atoms with E-state index in [0.717, 1.165) is 16.7 Å². The standard InChI is InChI=1S/C20H20Cl4N2O2.ClH/c21-17-7-5-16(6-8-17)15-3-1-14(2-4-15)11-18-12-25-9-10-26(18)19(27)28-13-20(22,23)24;/h1-8,18,25H,9-13H2;1H/t18-;/m1./s1. The van der Waals surface area contributed by atoms with Gasteiger partial charge in [0.2, 0.25) is 3.79 Å². The Labute approximate surface area is 196 Å². The minimum Gasteiger partial charge on any atom is -0.445 e. The molecule has 0 radical (unpaired) electrons. The highest BCUT2D eigenvalue weighted by Gasteiger charge is 2.30. The number of hydrogen-bond donors (Lipinski definition) is 1. The molecule has 29 heavy (non-hydrogen) atoms. The molecule has 158 valence electrons. The highest BCUT2D eigenvalue weighted by molar-refractivity contribution is 6.67. The van der Waals surface area contributed by atoms with Crippen LogP contribution in [0.4, 0.5) is 4.79 Å². The zero-order valence-corrected chi connectivity index (χ0v) is 19.3. The van der Waals surface area contributed by atoms with Gasteiger partial charge in [0.05, 0.1) is 6.04 Å². The van der Waals surface area contributed by atoms with E-state index in [2.05, 4.69) is 29.6 Å². The van der Waals surface area contributed by atoms with Crippen LogP contribution >= 0.6 is 58.8 Å². The summed E-state index contributed by atoms with van der Waals surface area (Å²) in [4.78, 5) is 14.1. The molecule has 0 spiro atoms. The van der Waals surface area contributed by atoms with Crippen LogP contribution in [0.15, 0.2) is 48.5 Å². The molecule has 0 unspecified atom stereocenters. The van der Waals surface area contributed by atoms with Crippen LogP contribution in [0.25, 0.3) is 11.1 Å². The number of hydrogen-bond acceptors (Lipinski definition) is 3. The summed E-state index contributed by atoms with van der Waals surface area (Å²) in [5.41, 5.74) is 3.35. The molecule has 1 heterocycles. The smallest absolute Gasteiger partial charge is 0.410 e. The van der Waals surface area contributed by atoms with Gasteiger partial charge in [0, 0.05) is 24.7 Å². The van der Waals surface area contributed by atoms with E-state index in [4.69, 9.17) is 51.1 Å². The maximum absolute atomic E-state index is 12.4. The van der Waals surface area contributed by atoms with Gasteiger partial charge < -0.3 is 15.0 Å². The largest absolute Gasteiger partial charge is 0.445 e. The van der Waals surface area contributed by atoms with Crippen molar-refractivity contribution in [3.8, 4) is 11.1 Å². The molecule has 2 aromatic rings. The molecular weight excluding hydrogens is 477 g/mol. The zero-order valence-electron chi connectivity index (χ0n) is 15.4. The highest BCUT2D eigenvalue weighted by atomic mass is 35.6. The first-order valence-corrected chi connectivity index (χ1v) is 10.4. The van der Waals surface area contributed by atoms with Crippen LogP contribution in [0.3, 0.4) is 0 Å². The number of nitrogens with one attached hydrogen (secondary N) is 1. The van der Waals surface area contributed by atoms with Gasteiger partial charge >= 0.3 is 6.09 Å². The molecule has 3 rings (SSSR count). The Morgan fingerprint density at radius 2 is 1.66 bits per heavy atom. The number of nitrogens with zero attached hydrogens (tertiary/aromatic N) is 1. The third-order valence-corrected chi connectivity index (χ3v) is 5.13. The van der Waals surface area contributed by atoms with Gasteiger partial charge in [-0.2, -0.15) is 0 Å². The Kier molecular flexibility index (Phi) is 9.20. The first-order valence-electron chi connectivity index (χ1n) is 8.87. The van der Waals surface area contributed by atoms with Gasteiger partial charge in [-0.1, -0.05) is 82.8 Å². The Bertz CT molecular complexity index is 794. The highest BCUT2D eigenvalue weighted by Crippen LogP contribution is 2.27. The lowest BCUT2D eigenvalue weighted by Crippen LogP contribution is -2.54. The van der Waals surface area contributed by atoms with Gasteiger partial charge in [-0.05, 0) is 35.2 Å². The molecule has 1 aliphatic rings.